The summed E-state index contributed by atoms with van der Waals surface area (Å²) in [6.45, 7) is 0. The molecule has 2 aliphatic rings. The summed E-state index contributed by atoms with van der Waals surface area (Å²) in [6.07, 6.45) is 3.02. The third-order valence-electron chi connectivity index (χ3n) is 4.01. The molecule has 2 amide bonds. The second-order valence-electron chi connectivity index (χ2n) is 5.22. The van der Waals surface area contributed by atoms with Gasteiger partial charge in [0, 0.05) is 23.3 Å². The summed E-state index contributed by atoms with van der Waals surface area (Å²) in [4.78, 5) is 36.3. The lowest BCUT2D eigenvalue weighted by Crippen LogP contribution is -2.31. The van der Waals surface area contributed by atoms with Gasteiger partial charge in [-0.1, -0.05) is 0 Å². The van der Waals surface area contributed by atoms with Crippen molar-refractivity contribution in [1.29, 1.82) is 0 Å². The van der Waals surface area contributed by atoms with Crippen molar-refractivity contribution in [3.05, 3.63) is 39.5 Å². The van der Waals surface area contributed by atoms with Crippen molar-refractivity contribution in [3.63, 3.8) is 0 Å². The molecule has 1 aliphatic carbocycles. The van der Waals surface area contributed by atoms with E-state index >= 15 is 0 Å². The lowest BCUT2D eigenvalue weighted by Gasteiger charge is -2.15. The average molecular weight is 302 g/mol. The molecule has 7 heteroatoms. The smallest absolute Gasteiger partial charge is 0.311 e. The number of benzene rings is 1. The summed E-state index contributed by atoms with van der Waals surface area (Å²) in [6, 6.07) is 3.99. The Hall–Kier alpha value is -2.70. The molecule has 22 heavy (non-hydrogen) atoms. The van der Waals surface area contributed by atoms with Crippen LogP contribution >= 0.6 is 0 Å². The van der Waals surface area contributed by atoms with Gasteiger partial charge in [-0.3, -0.25) is 19.7 Å². The lowest BCUT2D eigenvalue weighted by molar-refractivity contribution is -0.385. The molecule has 1 aliphatic heterocycles. The fraction of sp³-hybridized carbons (Fsp3) is 0.333. The summed E-state index contributed by atoms with van der Waals surface area (Å²) in [5.41, 5.74) is 1.25. The van der Waals surface area contributed by atoms with Crippen LogP contribution < -0.4 is 9.64 Å². The van der Waals surface area contributed by atoms with Gasteiger partial charge in [0.2, 0.25) is 0 Å². The van der Waals surface area contributed by atoms with Gasteiger partial charge in [0.05, 0.1) is 17.7 Å². The zero-order valence-electron chi connectivity index (χ0n) is 12.0. The van der Waals surface area contributed by atoms with Crippen LogP contribution in [0.5, 0.6) is 5.75 Å². The van der Waals surface area contributed by atoms with E-state index < -0.39 is 4.92 Å². The van der Waals surface area contributed by atoms with Gasteiger partial charge in [0.25, 0.3) is 11.8 Å². The number of ether oxygens (including phenoxy) is 1. The van der Waals surface area contributed by atoms with Gasteiger partial charge >= 0.3 is 5.69 Å². The first-order chi connectivity index (χ1) is 10.5. The molecule has 0 saturated carbocycles. The zero-order valence-corrected chi connectivity index (χ0v) is 12.0. The molecular weight excluding hydrogens is 288 g/mol. The van der Waals surface area contributed by atoms with Gasteiger partial charge in [0.15, 0.2) is 5.75 Å². The summed E-state index contributed by atoms with van der Waals surface area (Å²) < 4.78 is 4.99. The molecule has 0 unspecified atom stereocenters. The highest BCUT2D eigenvalue weighted by Gasteiger charge is 2.40. The van der Waals surface area contributed by atoms with E-state index in [0.29, 0.717) is 29.7 Å². The van der Waals surface area contributed by atoms with Crippen LogP contribution in [0.2, 0.25) is 0 Å². The maximum atomic E-state index is 12.4. The quantitative estimate of drug-likeness (QED) is 0.485. The Morgan fingerprint density at radius 1 is 1.14 bits per heavy atom. The van der Waals surface area contributed by atoms with E-state index in [1.165, 1.54) is 25.3 Å². The molecule has 1 aromatic rings. The fourth-order valence-corrected chi connectivity index (χ4v) is 2.93. The Morgan fingerprint density at radius 3 is 2.23 bits per heavy atom. The summed E-state index contributed by atoms with van der Waals surface area (Å²) in [7, 11) is 1.31. The van der Waals surface area contributed by atoms with E-state index in [4.69, 9.17) is 4.74 Å². The number of anilines is 1. The van der Waals surface area contributed by atoms with Crippen LogP contribution in [0.25, 0.3) is 0 Å². The molecule has 1 aromatic carbocycles. The van der Waals surface area contributed by atoms with Crippen LogP contribution in [-0.2, 0) is 9.59 Å². The Bertz CT molecular complexity index is 695. The number of nitrogens with zero attached hydrogens (tertiary/aromatic N) is 2. The first-order valence-corrected chi connectivity index (χ1v) is 6.98. The molecular formula is C15H14N2O5. The van der Waals surface area contributed by atoms with Gasteiger partial charge < -0.3 is 4.74 Å². The number of nitro benzene ring substituents is 1. The highest BCUT2D eigenvalue weighted by molar-refractivity contribution is 6.33. The normalized spacial score (nSPS) is 17.8. The minimum Gasteiger partial charge on any atom is -0.490 e. The minimum absolute atomic E-state index is 0.0213. The van der Waals surface area contributed by atoms with Crippen molar-refractivity contribution >= 4 is 23.2 Å². The van der Waals surface area contributed by atoms with Crippen molar-refractivity contribution in [2.45, 2.75) is 25.7 Å². The molecule has 114 valence electrons. The van der Waals surface area contributed by atoms with E-state index in [9.17, 15) is 19.7 Å². The summed E-state index contributed by atoms with van der Waals surface area (Å²) >= 11 is 0. The number of carbonyl (C=O) groups excluding carboxylic acids is 2. The number of imide groups is 1. The van der Waals surface area contributed by atoms with Gasteiger partial charge in [-0.2, -0.15) is 0 Å². The molecule has 7 nitrogen and oxygen atoms in total. The van der Waals surface area contributed by atoms with E-state index in [2.05, 4.69) is 0 Å². The van der Waals surface area contributed by atoms with Crippen molar-refractivity contribution in [1.82, 2.24) is 0 Å². The van der Waals surface area contributed by atoms with E-state index in [0.717, 1.165) is 17.7 Å². The molecule has 3 rings (SSSR count). The van der Waals surface area contributed by atoms with Crippen molar-refractivity contribution in [2.24, 2.45) is 0 Å². The molecule has 0 aromatic heterocycles. The van der Waals surface area contributed by atoms with Crippen molar-refractivity contribution in [2.75, 3.05) is 12.0 Å². The third kappa shape index (κ3) is 2.05. The van der Waals surface area contributed by atoms with Crippen molar-refractivity contribution in [3.8, 4) is 5.75 Å². The first kappa shape index (κ1) is 14.2. The van der Waals surface area contributed by atoms with Crippen LogP contribution in [0.1, 0.15) is 25.7 Å². The number of nitro groups is 1. The number of hydrogen-bond acceptors (Lipinski definition) is 5. The zero-order chi connectivity index (χ0) is 15.9. The van der Waals surface area contributed by atoms with Gasteiger partial charge in [-0.15, -0.1) is 0 Å². The predicted molar refractivity (Wildman–Crippen MR) is 77.6 cm³/mol. The van der Waals surface area contributed by atoms with Gasteiger partial charge in [-0.05, 0) is 31.7 Å². The maximum absolute atomic E-state index is 12.4. The second-order valence-corrected chi connectivity index (χ2v) is 5.22. The molecule has 0 N–H and O–H groups in total. The number of methoxy groups -OCH3 is 1. The fourth-order valence-electron chi connectivity index (χ4n) is 2.93. The molecule has 0 fully saturated rings. The lowest BCUT2D eigenvalue weighted by atomic mass is 9.93. The van der Waals surface area contributed by atoms with Crippen LogP contribution in [0.4, 0.5) is 11.4 Å². The van der Waals surface area contributed by atoms with Crippen LogP contribution in [0.3, 0.4) is 0 Å². The van der Waals surface area contributed by atoms with Gasteiger partial charge in [0.1, 0.15) is 0 Å². The number of amides is 2. The SMILES string of the molecule is COc1cc(N2C(=O)C3=C(CCCC3)C2=O)ccc1[N+](=O)[O-]. The Labute approximate surface area is 126 Å². The molecule has 1 heterocycles. The molecule has 0 radical (unpaired) electrons. The maximum Gasteiger partial charge on any atom is 0.311 e. The number of rotatable bonds is 3. The average Bonchev–Trinajstić information content (AvgIpc) is 2.78. The third-order valence-corrected chi connectivity index (χ3v) is 4.01. The highest BCUT2D eigenvalue weighted by atomic mass is 16.6. The largest absolute Gasteiger partial charge is 0.490 e. The first-order valence-electron chi connectivity index (χ1n) is 6.98. The summed E-state index contributed by atoms with van der Waals surface area (Å²) in [5, 5.41) is 10.9. The minimum atomic E-state index is -0.570. The van der Waals surface area contributed by atoms with E-state index in [-0.39, 0.29) is 23.3 Å². The van der Waals surface area contributed by atoms with Crippen molar-refractivity contribution < 1.29 is 19.2 Å². The molecule has 0 saturated heterocycles. The molecule has 0 atom stereocenters. The summed E-state index contributed by atoms with van der Waals surface area (Å²) in [5.74, 6) is -0.626. The molecule has 0 bridgehead atoms. The molecule has 0 spiro atoms. The van der Waals surface area contributed by atoms with E-state index in [1.807, 2.05) is 0 Å². The van der Waals surface area contributed by atoms with E-state index in [1.54, 1.807) is 0 Å². The van der Waals surface area contributed by atoms with Gasteiger partial charge in [-0.25, -0.2) is 4.90 Å². The standard InChI is InChI=1S/C15H14N2O5/c1-22-13-8-9(6-7-12(13)17(20)21)16-14(18)10-4-2-3-5-11(10)15(16)19/h6-8H,2-5H2,1H3. The highest BCUT2D eigenvalue weighted by Crippen LogP contribution is 2.38. The second kappa shape index (κ2) is 5.25. The monoisotopic (exact) mass is 302 g/mol. The Morgan fingerprint density at radius 2 is 1.73 bits per heavy atom. The number of carbonyl (C=O) groups is 2. The number of hydrogen-bond donors (Lipinski definition) is 0. The Balaban J connectivity index is 2.01. The van der Waals surface area contributed by atoms with Crippen LogP contribution in [0.15, 0.2) is 29.3 Å². The van der Waals surface area contributed by atoms with Crippen LogP contribution in [-0.4, -0.2) is 23.8 Å². The predicted octanol–water partition coefficient (Wildman–Crippen LogP) is 2.35. The Kier molecular flexibility index (Phi) is 3.40. The topological polar surface area (TPSA) is 89.8 Å². The van der Waals surface area contributed by atoms with Crippen LogP contribution in [0, 0.1) is 10.1 Å².